The van der Waals surface area contributed by atoms with E-state index in [-0.39, 0.29) is 5.78 Å². The second-order valence-corrected chi connectivity index (χ2v) is 7.77. The van der Waals surface area contributed by atoms with E-state index in [0.29, 0.717) is 17.0 Å². The molecule has 4 rings (SSSR count). The predicted molar refractivity (Wildman–Crippen MR) is 124 cm³/mol. The van der Waals surface area contributed by atoms with Crippen molar-refractivity contribution in [3.63, 3.8) is 0 Å². The second-order valence-electron chi connectivity index (χ2n) is 7.33. The molecular formula is C27H23ClO2. The van der Waals surface area contributed by atoms with Gasteiger partial charge in [-0.1, -0.05) is 78.3 Å². The summed E-state index contributed by atoms with van der Waals surface area (Å²) in [4.78, 5) is 13.3. The molecule has 0 aliphatic carbocycles. The van der Waals surface area contributed by atoms with Crippen molar-refractivity contribution in [2.24, 2.45) is 0 Å². The van der Waals surface area contributed by atoms with E-state index >= 15 is 0 Å². The Balaban J connectivity index is 1.57. The molecule has 0 amide bonds. The molecule has 1 unspecified atom stereocenters. The van der Waals surface area contributed by atoms with Gasteiger partial charge < -0.3 is 4.74 Å². The molecule has 1 atom stereocenters. The predicted octanol–water partition coefficient (Wildman–Crippen LogP) is 7.15. The molecule has 0 bridgehead atoms. The van der Waals surface area contributed by atoms with Crippen LogP contribution < -0.4 is 4.74 Å². The fourth-order valence-electron chi connectivity index (χ4n) is 3.63. The summed E-state index contributed by atoms with van der Waals surface area (Å²) in [5.41, 5.74) is 1.88. The number of hydrogen-bond acceptors (Lipinski definition) is 2. The fourth-order valence-corrected chi connectivity index (χ4v) is 3.76. The zero-order chi connectivity index (χ0) is 20.8. The first kappa shape index (κ1) is 20.2. The van der Waals surface area contributed by atoms with Gasteiger partial charge in [-0.3, -0.25) is 4.79 Å². The molecule has 30 heavy (non-hydrogen) atoms. The van der Waals surface area contributed by atoms with Crippen LogP contribution in [0.1, 0.15) is 28.8 Å². The highest BCUT2D eigenvalue weighted by atomic mass is 35.5. The summed E-state index contributed by atoms with van der Waals surface area (Å²) in [5, 5.41) is 2.72. The maximum absolute atomic E-state index is 13.3. The number of benzene rings is 4. The highest BCUT2D eigenvalue weighted by Crippen LogP contribution is 2.28. The first-order valence-corrected chi connectivity index (χ1v) is 10.6. The standard InChI is InChI=1S/C27H23ClO2/c28-23-18-16-22(17-19-23)27(29)26(15-6-10-20-8-2-1-3-9-20)30-25-14-7-12-21-11-4-5-13-24(21)25/h1-5,7-9,11-14,16-19,26H,6,10,15H2. The van der Waals surface area contributed by atoms with E-state index in [1.807, 2.05) is 60.7 Å². The van der Waals surface area contributed by atoms with Gasteiger partial charge in [0, 0.05) is 16.0 Å². The van der Waals surface area contributed by atoms with Crippen LogP contribution in [0.4, 0.5) is 0 Å². The van der Waals surface area contributed by atoms with Gasteiger partial charge in [-0.25, -0.2) is 0 Å². The van der Waals surface area contributed by atoms with Crippen molar-refractivity contribution in [1.29, 1.82) is 0 Å². The zero-order valence-electron chi connectivity index (χ0n) is 16.6. The van der Waals surface area contributed by atoms with Gasteiger partial charge in [0.15, 0.2) is 6.10 Å². The number of ketones is 1. The number of carbonyl (C=O) groups excluding carboxylic acids is 1. The molecule has 0 heterocycles. The lowest BCUT2D eigenvalue weighted by molar-refractivity contribution is 0.0778. The maximum atomic E-state index is 13.3. The van der Waals surface area contributed by atoms with Gasteiger partial charge in [0.25, 0.3) is 0 Å². The van der Waals surface area contributed by atoms with Crippen LogP contribution in [0.3, 0.4) is 0 Å². The van der Waals surface area contributed by atoms with Gasteiger partial charge in [0.1, 0.15) is 5.75 Å². The number of carbonyl (C=O) groups is 1. The molecule has 2 nitrogen and oxygen atoms in total. The quantitative estimate of drug-likeness (QED) is 0.286. The number of fused-ring (bicyclic) bond motifs is 1. The van der Waals surface area contributed by atoms with Crippen molar-refractivity contribution < 1.29 is 9.53 Å². The number of aryl methyl sites for hydroxylation is 1. The van der Waals surface area contributed by atoms with Crippen molar-refractivity contribution in [3.8, 4) is 5.75 Å². The third-order valence-corrected chi connectivity index (χ3v) is 5.47. The minimum Gasteiger partial charge on any atom is -0.482 e. The average Bonchev–Trinajstić information content (AvgIpc) is 2.79. The second kappa shape index (κ2) is 9.60. The first-order chi connectivity index (χ1) is 14.7. The lowest BCUT2D eigenvalue weighted by atomic mass is 9.99. The van der Waals surface area contributed by atoms with Gasteiger partial charge in [0.2, 0.25) is 5.78 Å². The van der Waals surface area contributed by atoms with Crippen LogP contribution in [0.25, 0.3) is 10.8 Å². The lowest BCUT2D eigenvalue weighted by Crippen LogP contribution is -2.28. The number of hydrogen-bond donors (Lipinski definition) is 0. The highest BCUT2D eigenvalue weighted by Gasteiger charge is 2.22. The van der Waals surface area contributed by atoms with E-state index in [1.54, 1.807) is 24.3 Å². The molecule has 0 aliphatic rings. The molecule has 0 saturated carbocycles. The Morgan fingerprint density at radius 2 is 1.50 bits per heavy atom. The molecule has 0 aromatic heterocycles. The van der Waals surface area contributed by atoms with E-state index < -0.39 is 6.10 Å². The van der Waals surface area contributed by atoms with Crippen molar-refractivity contribution >= 4 is 28.2 Å². The monoisotopic (exact) mass is 414 g/mol. The highest BCUT2D eigenvalue weighted by molar-refractivity contribution is 6.30. The molecule has 4 aromatic carbocycles. The first-order valence-electron chi connectivity index (χ1n) is 10.2. The van der Waals surface area contributed by atoms with Crippen LogP contribution in [0.2, 0.25) is 5.02 Å². The Labute approximate surface area is 182 Å². The Morgan fingerprint density at radius 1 is 0.800 bits per heavy atom. The summed E-state index contributed by atoms with van der Waals surface area (Å²) in [5.74, 6) is 0.716. The van der Waals surface area contributed by atoms with Gasteiger partial charge in [-0.05, 0) is 60.5 Å². The summed E-state index contributed by atoms with van der Waals surface area (Å²) in [6, 6.07) is 31.3. The Morgan fingerprint density at radius 3 is 2.30 bits per heavy atom. The third-order valence-electron chi connectivity index (χ3n) is 5.21. The molecule has 0 spiro atoms. The van der Waals surface area contributed by atoms with Crippen molar-refractivity contribution in [2.75, 3.05) is 0 Å². The van der Waals surface area contributed by atoms with E-state index in [1.165, 1.54) is 5.56 Å². The van der Waals surface area contributed by atoms with Crippen LogP contribution in [-0.2, 0) is 6.42 Å². The summed E-state index contributed by atoms with van der Waals surface area (Å²) in [7, 11) is 0. The van der Waals surface area contributed by atoms with E-state index in [9.17, 15) is 4.79 Å². The van der Waals surface area contributed by atoms with Crippen LogP contribution in [-0.4, -0.2) is 11.9 Å². The minimum atomic E-state index is -0.555. The minimum absolute atomic E-state index is 0.0207. The van der Waals surface area contributed by atoms with Crippen LogP contribution in [0.5, 0.6) is 5.75 Å². The van der Waals surface area contributed by atoms with E-state index in [0.717, 1.165) is 29.4 Å². The molecule has 0 N–H and O–H groups in total. The van der Waals surface area contributed by atoms with Crippen molar-refractivity contribution in [3.05, 3.63) is 113 Å². The fraction of sp³-hybridized carbons (Fsp3) is 0.148. The molecular weight excluding hydrogens is 392 g/mol. The number of halogens is 1. The van der Waals surface area contributed by atoms with Gasteiger partial charge in [-0.15, -0.1) is 0 Å². The van der Waals surface area contributed by atoms with Gasteiger partial charge in [0.05, 0.1) is 0 Å². The van der Waals surface area contributed by atoms with Crippen LogP contribution >= 0.6 is 11.6 Å². The van der Waals surface area contributed by atoms with E-state index in [4.69, 9.17) is 16.3 Å². The Hall–Kier alpha value is -3.10. The normalized spacial score (nSPS) is 11.9. The van der Waals surface area contributed by atoms with E-state index in [2.05, 4.69) is 12.1 Å². The number of ether oxygens (including phenoxy) is 1. The molecule has 0 saturated heterocycles. The van der Waals surface area contributed by atoms with Crippen molar-refractivity contribution in [1.82, 2.24) is 0 Å². The topological polar surface area (TPSA) is 26.3 Å². The van der Waals surface area contributed by atoms with Gasteiger partial charge >= 0.3 is 0 Å². The summed E-state index contributed by atoms with van der Waals surface area (Å²) in [6.45, 7) is 0. The SMILES string of the molecule is O=C(c1ccc(Cl)cc1)C(CCCc1ccccc1)Oc1cccc2ccccc12. The third kappa shape index (κ3) is 4.90. The van der Waals surface area contributed by atoms with Gasteiger partial charge in [-0.2, -0.15) is 0 Å². The maximum Gasteiger partial charge on any atom is 0.203 e. The molecule has 0 fully saturated rings. The average molecular weight is 415 g/mol. The Bertz CT molecular complexity index is 1120. The zero-order valence-corrected chi connectivity index (χ0v) is 17.4. The molecule has 4 aromatic rings. The molecule has 150 valence electrons. The molecule has 0 radical (unpaired) electrons. The largest absolute Gasteiger partial charge is 0.482 e. The summed E-state index contributed by atoms with van der Waals surface area (Å²) >= 11 is 6.00. The lowest BCUT2D eigenvalue weighted by Gasteiger charge is -2.20. The van der Waals surface area contributed by atoms with Crippen molar-refractivity contribution in [2.45, 2.75) is 25.4 Å². The molecule has 0 aliphatic heterocycles. The number of rotatable bonds is 8. The van der Waals surface area contributed by atoms with Crippen LogP contribution in [0, 0.1) is 0 Å². The smallest absolute Gasteiger partial charge is 0.203 e. The van der Waals surface area contributed by atoms with Crippen LogP contribution in [0.15, 0.2) is 97.1 Å². The molecule has 3 heteroatoms. The number of Topliss-reactive ketones (excluding diaryl/α,β-unsaturated/α-hetero) is 1. The summed E-state index contributed by atoms with van der Waals surface area (Å²) in [6.07, 6.45) is 1.85. The Kier molecular flexibility index (Phi) is 6.46. The summed E-state index contributed by atoms with van der Waals surface area (Å²) < 4.78 is 6.33.